The first kappa shape index (κ1) is 16.3. The third-order valence-corrected chi connectivity index (χ3v) is 5.38. The molecule has 0 aliphatic heterocycles. The first-order valence-electron chi connectivity index (χ1n) is 7.69. The Balaban J connectivity index is 1.58. The van der Waals surface area contributed by atoms with E-state index in [-0.39, 0.29) is 6.10 Å². The SMILES string of the molecule is CNc1sc2c(c1C#N)CCC(OC(=O)NCc1conc1C)C2. The Hall–Kier alpha value is -2.53. The van der Waals surface area contributed by atoms with Crippen molar-refractivity contribution in [1.29, 1.82) is 5.26 Å². The molecular formula is C16H18N4O3S. The fourth-order valence-corrected chi connectivity index (χ4v) is 4.01. The van der Waals surface area contributed by atoms with Gasteiger partial charge < -0.3 is 19.9 Å². The molecule has 1 atom stereocenters. The molecule has 1 aliphatic rings. The number of nitrogens with one attached hydrogen (secondary N) is 2. The van der Waals surface area contributed by atoms with E-state index in [0.29, 0.717) is 13.0 Å². The van der Waals surface area contributed by atoms with E-state index in [1.165, 1.54) is 6.26 Å². The number of fused-ring (bicyclic) bond motifs is 1. The maximum Gasteiger partial charge on any atom is 0.407 e. The Labute approximate surface area is 143 Å². The van der Waals surface area contributed by atoms with Crippen molar-refractivity contribution >= 4 is 22.4 Å². The molecule has 1 amide bonds. The van der Waals surface area contributed by atoms with E-state index in [0.717, 1.165) is 45.1 Å². The number of carbonyl (C=O) groups is 1. The van der Waals surface area contributed by atoms with Crippen molar-refractivity contribution in [3.63, 3.8) is 0 Å². The van der Waals surface area contributed by atoms with Gasteiger partial charge in [-0.05, 0) is 25.3 Å². The second kappa shape index (κ2) is 6.93. The topological polar surface area (TPSA) is 100 Å². The summed E-state index contributed by atoms with van der Waals surface area (Å²) in [6.45, 7) is 2.14. The van der Waals surface area contributed by atoms with Crippen molar-refractivity contribution in [3.8, 4) is 6.07 Å². The van der Waals surface area contributed by atoms with E-state index < -0.39 is 6.09 Å². The van der Waals surface area contributed by atoms with Gasteiger partial charge in [0.05, 0.1) is 17.8 Å². The molecule has 0 saturated carbocycles. The number of anilines is 1. The van der Waals surface area contributed by atoms with Gasteiger partial charge in [0.2, 0.25) is 0 Å². The normalized spacial score (nSPS) is 16.1. The first-order valence-corrected chi connectivity index (χ1v) is 8.50. The van der Waals surface area contributed by atoms with Gasteiger partial charge in [-0.2, -0.15) is 5.26 Å². The first-order chi connectivity index (χ1) is 11.6. The number of nitriles is 1. The number of hydrogen-bond donors (Lipinski definition) is 2. The molecule has 2 N–H and O–H groups in total. The lowest BCUT2D eigenvalue weighted by Gasteiger charge is -2.22. The molecule has 0 spiro atoms. The van der Waals surface area contributed by atoms with Crippen LogP contribution in [-0.4, -0.2) is 24.4 Å². The molecule has 2 aromatic heterocycles. The molecular weight excluding hydrogens is 328 g/mol. The quantitative estimate of drug-likeness (QED) is 0.883. The Morgan fingerprint density at radius 1 is 1.62 bits per heavy atom. The van der Waals surface area contributed by atoms with Crippen LogP contribution >= 0.6 is 11.3 Å². The number of hydrogen-bond acceptors (Lipinski definition) is 7. The Morgan fingerprint density at radius 2 is 2.46 bits per heavy atom. The summed E-state index contributed by atoms with van der Waals surface area (Å²) < 4.78 is 10.3. The zero-order valence-corrected chi connectivity index (χ0v) is 14.3. The van der Waals surface area contributed by atoms with Gasteiger partial charge in [0.1, 0.15) is 23.4 Å². The van der Waals surface area contributed by atoms with Gasteiger partial charge in [0.15, 0.2) is 0 Å². The number of thiophene rings is 1. The predicted octanol–water partition coefficient (Wildman–Crippen LogP) is 2.74. The summed E-state index contributed by atoms with van der Waals surface area (Å²) in [5.74, 6) is 0. The zero-order valence-electron chi connectivity index (χ0n) is 13.5. The van der Waals surface area contributed by atoms with Gasteiger partial charge in [0.25, 0.3) is 0 Å². The van der Waals surface area contributed by atoms with Crippen LogP contribution < -0.4 is 10.6 Å². The van der Waals surface area contributed by atoms with Gasteiger partial charge in [-0.1, -0.05) is 5.16 Å². The molecule has 2 heterocycles. The largest absolute Gasteiger partial charge is 0.446 e. The smallest absolute Gasteiger partial charge is 0.407 e. The highest BCUT2D eigenvalue weighted by Crippen LogP contribution is 2.38. The summed E-state index contributed by atoms with van der Waals surface area (Å²) in [5.41, 5.74) is 3.39. The molecule has 0 aromatic carbocycles. The number of nitrogens with zero attached hydrogens (tertiary/aromatic N) is 2. The molecule has 7 nitrogen and oxygen atoms in total. The van der Waals surface area contributed by atoms with Gasteiger partial charge >= 0.3 is 6.09 Å². The molecule has 3 rings (SSSR count). The minimum absolute atomic E-state index is 0.170. The lowest BCUT2D eigenvalue weighted by Crippen LogP contribution is -2.31. The summed E-state index contributed by atoms with van der Waals surface area (Å²) in [6, 6.07) is 2.26. The third-order valence-electron chi connectivity index (χ3n) is 4.11. The number of rotatable bonds is 4. The molecule has 1 unspecified atom stereocenters. The van der Waals surface area contributed by atoms with Crippen LogP contribution in [0.2, 0.25) is 0 Å². The average Bonchev–Trinajstić information content (AvgIpc) is 3.15. The minimum Gasteiger partial charge on any atom is -0.446 e. The number of alkyl carbamates (subject to hydrolysis) is 1. The predicted molar refractivity (Wildman–Crippen MR) is 89.0 cm³/mol. The Kier molecular flexibility index (Phi) is 4.71. The summed E-state index contributed by atoms with van der Waals surface area (Å²) in [4.78, 5) is 13.1. The van der Waals surface area contributed by atoms with E-state index >= 15 is 0 Å². The Bertz CT molecular complexity index is 790. The molecule has 8 heteroatoms. The number of aromatic nitrogens is 1. The van der Waals surface area contributed by atoms with Crippen LogP contribution in [0.1, 0.15) is 33.7 Å². The number of aryl methyl sites for hydroxylation is 1. The maximum atomic E-state index is 12.0. The highest BCUT2D eigenvalue weighted by molar-refractivity contribution is 7.16. The molecule has 126 valence electrons. The lowest BCUT2D eigenvalue weighted by molar-refractivity contribution is 0.0897. The van der Waals surface area contributed by atoms with E-state index in [4.69, 9.17) is 9.26 Å². The molecule has 2 aromatic rings. The highest BCUT2D eigenvalue weighted by Gasteiger charge is 2.27. The van der Waals surface area contributed by atoms with Gasteiger partial charge in [-0.25, -0.2) is 4.79 Å². The van der Waals surface area contributed by atoms with Crippen LogP contribution in [0.15, 0.2) is 10.8 Å². The van der Waals surface area contributed by atoms with E-state index in [1.807, 2.05) is 14.0 Å². The van der Waals surface area contributed by atoms with E-state index in [2.05, 4.69) is 21.9 Å². The second-order valence-corrected chi connectivity index (χ2v) is 6.72. The summed E-state index contributed by atoms with van der Waals surface area (Å²) in [5, 5.41) is 19.7. The van der Waals surface area contributed by atoms with Crippen LogP contribution in [0.3, 0.4) is 0 Å². The Morgan fingerprint density at radius 3 is 3.12 bits per heavy atom. The van der Waals surface area contributed by atoms with E-state index in [1.54, 1.807) is 11.3 Å². The summed E-state index contributed by atoms with van der Waals surface area (Å²) in [6.07, 6.45) is 3.01. The molecule has 0 saturated heterocycles. The third kappa shape index (κ3) is 3.21. The molecule has 0 radical (unpaired) electrons. The highest BCUT2D eigenvalue weighted by atomic mass is 32.1. The second-order valence-electron chi connectivity index (χ2n) is 5.62. The summed E-state index contributed by atoms with van der Waals surface area (Å²) in [7, 11) is 1.81. The van der Waals surface area contributed by atoms with Crippen molar-refractivity contribution < 1.29 is 14.1 Å². The van der Waals surface area contributed by atoms with Crippen LogP contribution in [0, 0.1) is 18.3 Å². The van der Waals surface area contributed by atoms with Crippen molar-refractivity contribution in [3.05, 3.63) is 33.5 Å². The molecule has 0 bridgehead atoms. The van der Waals surface area contributed by atoms with Gasteiger partial charge in [-0.3, -0.25) is 0 Å². The van der Waals surface area contributed by atoms with Crippen LogP contribution in [0.25, 0.3) is 0 Å². The van der Waals surface area contributed by atoms with Gasteiger partial charge in [0, 0.05) is 23.9 Å². The maximum absolute atomic E-state index is 12.0. The van der Waals surface area contributed by atoms with Crippen molar-refractivity contribution in [2.24, 2.45) is 0 Å². The van der Waals surface area contributed by atoms with Crippen molar-refractivity contribution in [2.45, 2.75) is 38.8 Å². The number of amides is 1. The van der Waals surface area contributed by atoms with Crippen LogP contribution in [-0.2, 0) is 24.1 Å². The number of carbonyl (C=O) groups excluding carboxylic acids is 1. The number of ether oxygens (including phenoxy) is 1. The van der Waals surface area contributed by atoms with Crippen molar-refractivity contribution in [1.82, 2.24) is 10.5 Å². The van der Waals surface area contributed by atoms with Gasteiger partial charge in [-0.15, -0.1) is 11.3 Å². The fourth-order valence-electron chi connectivity index (χ4n) is 2.79. The van der Waals surface area contributed by atoms with Crippen molar-refractivity contribution in [2.75, 3.05) is 12.4 Å². The van der Waals surface area contributed by atoms with Crippen LogP contribution in [0.5, 0.6) is 0 Å². The van der Waals surface area contributed by atoms with E-state index in [9.17, 15) is 10.1 Å². The summed E-state index contributed by atoms with van der Waals surface area (Å²) >= 11 is 1.56. The molecule has 1 aliphatic carbocycles. The average molecular weight is 346 g/mol. The zero-order chi connectivity index (χ0) is 17.1. The van der Waals surface area contributed by atoms with Crippen LogP contribution in [0.4, 0.5) is 9.80 Å². The lowest BCUT2D eigenvalue weighted by atomic mass is 9.94. The molecule has 24 heavy (non-hydrogen) atoms. The fraction of sp³-hybridized carbons (Fsp3) is 0.438. The molecule has 0 fully saturated rings. The monoisotopic (exact) mass is 346 g/mol. The standard InChI is InChI=1S/C16H18N4O3S/c1-9-10(8-22-20-9)7-19-16(21)23-11-3-4-12-13(6-17)15(18-2)24-14(12)5-11/h8,11,18H,3-5,7H2,1-2H3,(H,19,21). The minimum atomic E-state index is -0.449.